The van der Waals surface area contributed by atoms with Crippen molar-refractivity contribution in [2.75, 3.05) is 26.1 Å². The van der Waals surface area contributed by atoms with Crippen LogP contribution in [0.2, 0.25) is 0 Å². The number of anilines is 1. The summed E-state index contributed by atoms with van der Waals surface area (Å²) in [6, 6.07) is 4.21. The molecule has 0 aromatic heterocycles. The maximum atomic E-state index is 13.1. The number of carbonyl (C=O) groups is 1. The van der Waals surface area contributed by atoms with Gasteiger partial charge in [0.15, 0.2) is 6.10 Å². The van der Waals surface area contributed by atoms with Gasteiger partial charge in [-0.2, -0.15) is 0 Å². The van der Waals surface area contributed by atoms with Crippen LogP contribution in [-0.4, -0.2) is 38.4 Å². The monoisotopic (exact) mass is 241 g/mol. The first-order valence-corrected chi connectivity index (χ1v) is 5.17. The van der Waals surface area contributed by atoms with Crippen LogP contribution in [0.4, 0.5) is 10.1 Å². The number of aliphatic hydroxyl groups is 1. The fourth-order valence-corrected chi connectivity index (χ4v) is 1.55. The van der Waals surface area contributed by atoms with E-state index in [1.54, 1.807) is 25.1 Å². The third-order valence-electron chi connectivity index (χ3n) is 2.42. The molecule has 5 heteroatoms. The number of hydrogen-bond acceptors (Lipinski definition) is 4. The van der Waals surface area contributed by atoms with Crippen molar-refractivity contribution in [2.45, 2.75) is 12.5 Å². The molecule has 94 valence electrons. The van der Waals surface area contributed by atoms with Gasteiger partial charge in [-0.25, -0.2) is 9.18 Å². The fraction of sp³-hybridized carbons (Fsp3) is 0.417. The summed E-state index contributed by atoms with van der Waals surface area (Å²) in [5.41, 5.74) is 1.32. The average molecular weight is 241 g/mol. The predicted molar refractivity (Wildman–Crippen MR) is 62.5 cm³/mol. The molecule has 0 heterocycles. The van der Waals surface area contributed by atoms with Gasteiger partial charge in [0, 0.05) is 26.2 Å². The van der Waals surface area contributed by atoms with Crippen LogP contribution in [0.15, 0.2) is 18.2 Å². The van der Waals surface area contributed by atoms with Gasteiger partial charge < -0.3 is 14.7 Å². The molecule has 1 rings (SSSR count). The second-order valence-corrected chi connectivity index (χ2v) is 3.91. The first-order valence-electron chi connectivity index (χ1n) is 5.17. The molecule has 0 spiro atoms. The molecule has 0 aliphatic heterocycles. The third-order valence-corrected chi connectivity index (χ3v) is 2.42. The smallest absolute Gasteiger partial charge is 0.335 e. The van der Waals surface area contributed by atoms with Crippen LogP contribution in [0, 0.1) is 5.82 Å². The number of carbonyl (C=O) groups excluding carboxylic acids is 1. The lowest BCUT2D eigenvalue weighted by atomic mass is 10.0. The zero-order valence-corrected chi connectivity index (χ0v) is 10.1. The van der Waals surface area contributed by atoms with Crippen molar-refractivity contribution >= 4 is 11.7 Å². The predicted octanol–water partition coefficient (Wildman–Crippen LogP) is 0.968. The summed E-state index contributed by atoms with van der Waals surface area (Å²) in [7, 11) is 4.74. The van der Waals surface area contributed by atoms with Crippen LogP contribution in [0.25, 0.3) is 0 Å². The number of methoxy groups -OCH3 is 1. The van der Waals surface area contributed by atoms with Gasteiger partial charge >= 0.3 is 5.97 Å². The maximum absolute atomic E-state index is 13.1. The van der Waals surface area contributed by atoms with Crippen LogP contribution in [-0.2, 0) is 16.0 Å². The van der Waals surface area contributed by atoms with Gasteiger partial charge in [-0.1, -0.05) is 6.07 Å². The Balaban J connectivity index is 2.94. The summed E-state index contributed by atoms with van der Waals surface area (Å²) in [4.78, 5) is 12.8. The van der Waals surface area contributed by atoms with Crippen molar-refractivity contribution in [2.24, 2.45) is 0 Å². The molecule has 0 amide bonds. The second kappa shape index (κ2) is 5.63. The fourth-order valence-electron chi connectivity index (χ4n) is 1.55. The van der Waals surface area contributed by atoms with E-state index in [1.807, 2.05) is 0 Å². The average Bonchev–Trinajstić information content (AvgIpc) is 2.29. The Bertz CT molecular complexity index is 407. The Labute approximate surface area is 99.6 Å². The Morgan fingerprint density at radius 1 is 1.53 bits per heavy atom. The summed E-state index contributed by atoms with van der Waals surface area (Å²) < 4.78 is 17.5. The molecule has 4 nitrogen and oxygen atoms in total. The van der Waals surface area contributed by atoms with E-state index in [-0.39, 0.29) is 12.2 Å². The molecular formula is C12H16FNO3. The minimum atomic E-state index is -1.23. The number of rotatable bonds is 4. The lowest BCUT2D eigenvalue weighted by molar-refractivity contribution is -0.150. The number of halogens is 1. The summed E-state index contributed by atoms with van der Waals surface area (Å²) in [5.74, 6) is -1.05. The van der Waals surface area contributed by atoms with E-state index >= 15 is 0 Å². The van der Waals surface area contributed by atoms with Crippen LogP contribution in [0.1, 0.15) is 5.56 Å². The zero-order valence-electron chi connectivity index (χ0n) is 10.1. The molecule has 1 aromatic carbocycles. The minimum Gasteiger partial charge on any atom is -0.467 e. The minimum absolute atomic E-state index is 0.0977. The second-order valence-electron chi connectivity index (χ2n) is 3.91. The highest BCUT2D eigenvalue weighted by atomic mass is 19.1. The van der Waals surface area contributed by atoms with Crippen LogP contribution >= 0.6 is 0 Å². The summed E-state index contributed by atoms with van der Waals surface area (Å²) in [6.45, 7) is 0. The van der Waals surface area contributed by atoms with E-state index in [9.17, 15) is 14.3 Å². The van der Waals surface area contributed by atoms with Gasteiger partial charge in [0.05, 0.1) is 7.11 Å². The molecule has 0 saturated heterocycles. The largest absolute Gasteiger partial charge is 0.467 e. The van der Waals surface area contributed by atoms with Crippen LogP contribution in [0.3, 0.4) is 0 Å². The SMILES string of the molecule is COC(=O)C(O)Cc1ccc(F)cc1N(C)C. The summed E-state index contributed by atoms with van der Waals surface area (Å²) >= 11 is 0. The quantitative estimate of drug-likeness (QED) is 0.798. The number of hydrogen-bond donors (Lipinski definition) is 1. The molecule has 17 heavy (non-hydrogen) atoms. The molecule has 0 aliphatic rings. The number of aliphatic hydroxyl groups excluding tert-OH is 1. The van der Waals surface area contributed by atoms with Gasteiger partial charge in [-0.05, 0) is 17.7 Å². The van der Waals surface area contributed by atoms with Gasteiger partial charge in [0.25, 0.3) is 0 Å². The van der Waals surface area contributed by atoms with Gasteiger partial charge in [0.2, 0.25) is 0 Å². The lowest BCUT2D eigenvalue weighted by Crippen LogP contribution is -2.25. The molecule has 1 N–H and O–H groups in total. The number of esters is 1. The first-order chi connectivity index (χ1) is 7.95. The van der Waals surface area contributed by atoms with Crippen LogP contribution in [0.5, 0.6) is 0 Å². The highest BCUT2D eigenvalue weighted by Gasteiger charge is 2.18. The first kappa shape index (κ1) is 13.4. The highest BCUT2D eigenvalue weighted by molar-refractivity contribution is 5.75. The molecule has 0 radical (unpaired) electrons. The topological polar surface area (TPSA) is 49.8 Å². The molecule has 0 bridgehead atoms. The molecule has 1 unspecified atom stereocenters. The van der Waals surface area contributed by atoms with E-state index in [0.29, 0.717) is 11.3 Å². The Morgan fingerprint density at radius 3 is 2.71 bits per heavy atom. The van der Waals surface area contributed by atoms with Crippen molar-refractivity contribution in [3.05, 3.63) is 29.6 Å². The standard InChI is InChI=1S/C12H16FNO3/c1-14(2)10-7-9(13)5-4-8(10)6-11(15)12(16)17-3/h4-5,7,11,15H,6H2,1-3H3. The normalized spacial score (nSPS) is 12.1. The Morgan fingerprint density at radius 2 is 2.18 bits per heavy atom. The molecule has 0 saturated carbocycles. The van der Waals surface area contributed by atoms with Crippen molar-refractivity contribution in [1.82, 2.24) is 0 Å². The highest BCUT2D eigenvalue weighted by Crippen LogP contribution is 2.21. The van der Waals surface area contributed by atoms with Crippen LogP contribution < -0.4 is 4.90 Å². The molecule has 0 fully saturated rings. The molecule has 1 atom stereocenters. The third kappa shape index (κ3) is 3.42. The van der Waals surface area contributed by atoms with Crippen molar-refractivity contribution in [3.8, 4) is 0 Å². The number of nitrogens with zero attached hydrogens (tertiary/aromatic N) is 1. The molecule has 1 aromatic rings. The maximum Gasteiger partial charge on any atom is 0.335 e. The van der Waals surface area contributed by atoms with Gasteiger partial charge in [-0.15, -0.1) is 0 Å². The van der Waals surface area contributed by atoms with E-state index in [0.717, 1.165) is 0 Å². The summed E-state index contributed by atoms with van der Waals surface area (Å²) in [6.07, 6.45) is -1.13. The number of benzene rings is 1. The Hall–Kier alpha value is -1.62. The van der Waals surface area contributed by atoms with E-state index in [1.165, 1.54) is 19.2 Å². The summed E-state index contributed by atoms with van der Waals surface area (Å²) in [5, 5.41) is 9.56. The van der Waals surface area contributed by atoms with Crippen molar-refractivity contribution in [3.63, 3.8) is 0 Å². The Kier molecular flexibility index (Phi) is 4.45. The van der Waals surface area contributed by atoms with E-state index in [4.69, 9.17) is 0 Å². The van der Waals surface area contributed by atoms with E-state index in [2.05, 4.69) is 4.74 Å². The van der Waals surface area contributed by atoms with Gasteiger partial charge in [-0.3, -0.25) is 0 Å². The zero-order chi connectivity index (χ0) is 13.0. The molecule has 0 aliphatic carbocycles. The van der Waals surface area contributed by atoms with Gasteiger partial charge in [0.1, 0.15) is 5.82 Å². The van der Waals surface area contributed by atoms with E-state index < -0.39 is 12.1 Å². The van der Waals surface area contributed by atoms with Crippen molar-refractivity contribution < 1.29 is 19.0 Å². The van der Waals surface area contributed by atoms with Crippen molar-refractivity contribution in [1.29, 1.82) is 0 Å². The number of ether oxygens (including phenoxy) is 1. The molecular weight excluding hydrogens is 225 g/mol. The lowest BCUT2D eigenvalue weighted by Gasteiger charge is -2.18.